The van der Waals surface area contributed by atoms with Crippen LogP contribution in [0.1, 0.15) is 40.5 Å². The maximum Gasteiger partial charge on any atom is 0.0703 e. The fourth-order valence-electron chi connectivity index (χ4n) is 3.30. The van der Waals surface area contributed by atoms with E-state index in [-0.39, 0.29) is 0 Å². The summed E-state index contributed by atoms with van der Waals surface area (Å²) in [7, 11) is 0. The van der Waals surface area contributed by atoms with Gasteiger partial charge in [-0.05, 0) is 32.6 Å². The lowest BCUT2D eigenvalue weighted by atomic mass is 9.97. The molecule has 2 saturated heterocycles. The molecule has 0 radical (unpaired) electrons. The van der Waals surface area contributed by atoms with Gasteiger partial charge in [-0.2, -0.15) is 0 Å². The molecule has 0 aromatic rings. The third kappa shape index (κ3) is 3.21. The lowest BCUT2D eigenvalue weighted by molar-refractivity contribution is 0.0340. The normalized spacial score (nSPS) is 40.1. The smallest absolute Gasteiger partial charge is 0.0703 e. The van der Waals surface area contributed by atoms with Crippen LogP contribution in [0.25, 0.3) is 0 Å². The molecular formula is C14H28N2O. The van der Waals surface area contributed by atoms with Crippen LogP contribution < -0.4 is 5.32 Å². The number of hydrogen-bond acceptors (Lipinski definition) is 3. The van der Waals surface area contributed by atoms with Crippen molar-refractivity contribution in [3.8, 4) is 0 Å². The summed E-state index contributed by atoms with van der Waals surface area (Å²) in [6.45, 7) is 12.4. The van der Waals surface area contributed by atoms with Crippen molar-refractivity contribution in [2.45, 2.75) is 64.8 Å². The minimum atomic E-state index is 0.412. The van der Waals surface area contributed by atoms with Crippen molar-refractivity contribution in [1.29, 1.82) is 0 Å². The van der Waals surface area contributed by atoms with Crippen molar-refractivity contribution >= 4 is 0 Å². The molecular weight excluding hydrogens is 212 g/mol. The summed E-state index contributed by atoms with van der Waals surface area (Å²) in [6, 6.07) is 1.95. The minimum Gasteiger partial charge on any atom is -0.377 e. The van der Waals surface area contributed by atoms with Gasteiger partial charge in [0, 0.05) is 37.8 Å². The van der Waals surface area contributed by atoms with Crippen LogP contribution in [-0.2, 0) is 4.74 Å². The second kappa shape index (κ2) is 5.68. The summed E-state index contributed by atoms with van der Waals surface area (Å²) in [5.74, 6) is 0.778. The van der Waals surface area contributed by atoms with Gasteiger partial charge in [-0.15, -0.1) is 0 Å². The molecule has 2 heterocycles. The van der Waals surface area contributed by atoms with Crippen molar-refractivity contribution in [3.05, 3.63) is 0 Å². The zero-order valence-corrected chi connectivity index (χ0v) is 11.8. The molecule has 100 valence electrons. The molecule has 4 atom stereocenters. The van der Waals surface area contributed by atoms with Crippen LogP contribution in [0.15, 0.2) is 0 Å². The van der Waals surface area contributed by atoms with E-state index >= 15 is 0 Å². The van der Waals surface area contributed by atoms with Gasteiger partial charge in [0.05, 0.1) is 6.10 Å². The van der Waals surface area contributed by atoms with Gasteiger partial charge in [-0.1, -0.05) is 13.8 Å². The van der Waals surface area contributed by atoms with Gasteiger partial charge in [-0.3, -0.25) is 4.90 Å². The summed E-state index contributed by atoms with van der Waals surface area (Å²) < 4.78 is 5.72. The highest BCUT2D eigenvalue weighted by Gasteiger charge is 2.36. The monoisotopic (exact) mass is 240 g/mol. The molecule has 0 spiro atoms. The summed E-state index contributed by atoms with van der Waals surface area (Å²) in [4.78, 5) is 2.68. The van der Waals surface area contributed by atoms with E-state index in [1.165, 1.54) is 19.4 Å². The molecule has 3 heteroatoms. The molecule has 17 heavy (non-hydrogen) atoms. The van der Waals surface area contributed by atoms with E-state index in [0.29, 0.717) is 24.2 Å². The Bertz CT molecular complexity index is 244. The van der Waals surface area contributed by atoms with Crippen molar-refractivity contribution in [2.75, 3.05) is 19.7 Å². The zero-order valence-electron chi connectivity index (χ0n) is 11.8. The van der Waals surface area contributed by atoms with Gasteiger partial charge in [0.2, 0.25) is 0 Å². The Kier molecular flexibility index (Phi) is 4.45. The molecule has 0 saturated carbocycles. The average Bonchev–Trinajstić information content (AvgIpc) is 2.67. The van der Waals surface area contributed by atoms with Crippen molar-refractivity contribution in [2.24, 2.45) is 5.92 Å². The van der Waals surface area contributed by atoms with Crippen LogP contribution in [0.2, 0.25) is 0 Å². The molecule has 0 bridgehead atoms. The van der Waals surface area contributed by atoms with Gasteiger partial charge in [0.1, 0.15) is 0 Å². The first-order chi connectivity index (χ1) is 8.08. The van der Waals surface area contributed by atoms with E-state index in [1.54, 1.807) is 0 Å². The van der Waals surface area contributed by atoms with E-state index in [4.69, 9.17) is 4.74 Å². The molecule has 2 aliphatic heterocycles. The Labute approximate surface area is 106 Å². The first-order valence-corrected chi connectivity index (χ1v) is 7.18. The van der Waals surface area contributed by atoms with Crippen molar-refractivity contribution in [3.63, 3.8) is 0 Å². The first kappa shape index (κ1) is 13.3. The number of ether oxygens (including phenoxy) is 1. The summed E-state index contributed by atoms with van der Waals surface area (Å²) in [5.41, 5.74) is 0. The predicted octanol–water partition coefficient (Wildman–Crippen LogP) is 1.87. The molecule has 4 unspecified atom stereocenters. The Morgan fingerprint density at radius 1 is 1.35 bits per heavy atom. The lowest BCUT2D eigenvalue weighted by Gasteiger charge is -2.43. The fourth-order valence-corrected chi connectivity index (χ4v) is 3.30. The summed E-state index contributed by atoms with van der Waals surface area (Å²) >= 11 is 0. The van der Waals surface area contributed by atoms with Crippen molar-refractivity contribution in [1.82, 2.24) is 10.2 Å². The molecule has 0 aromatic heterocycles. The highest BCUT2D eigenvalue weighted by molar-refractivity contribution is 4.92. The van der Waals surface area contributed by atoms with E-state index in [2.05, 4.69) is 37.9 Å². The van der Waals surface area contributed by atoms with E-state index < -0.39 is 0 Å². The maximum absolute atomic E-state index is 5.72. The van der Waals surface area contributed by atoms with Gasteiger partial charge in [-0.25, -0.2) is 0 Å². The summed E-state index contributed by atoms with van der Waals surface area (Å²) in [5, 5.41) is 3.69. The molecule has 0 amide bonds. The third-order valence-electron chi connectivity index (χ3n) is 4.22. The quantitative estimate of drug-likeness (QED) is 0.815. The molecule has 0 aromatic carbocycles. The Hall–Kier alpha value is -0.120. The second-order valence-corrected chi connectivity index (χ2v) is 6.21. The van der Waals surface area contributed by atoms with Gasteiger partial charge in [0.15, 0.2) is 0 Å². The van der Waals surface area contributed by atoms with Crippen LogP contribution in [0.5, 0.6) is 0 Å². The SMILES string of the molecule is CC(C)CC1CN(C2CCOC2C)C(C)CN1. The molecule has 2 rings (SSSR count). The van der Waals surface area contributed by atoms with Crippen LogP contribution in [0.4, 0.5) is 0 Å². The first-order valence-electron chi connectivity index (χ1n) is 7.18. The highest BCUT2D eigenvalue weighted by Crippen LogP contribution is 2.24. The van der Waals surface area contributed by atoms with Gasteiger partial charge >= 0.3 is 0 Å². The zero-order chi connectivity index (χ0) is 12.4. The number of piperazine rings is 1. The molecule has 3 nitrogen and oxygen atoms in total. The van der Waals surface area contributed by atoms with E-state index in [1.807, 2.05) is 0 Å². The molecule has 2 fully saturated rings. The van der Waals surface area contributed by atoms with Gasteiger partial charge < -0.3 is 10.1 Å². The average molecular weight is 240 g/mol. The highest BCUT2D eigenvalue weighted by atomic mass is 16.5. The number of hydrogen-bond donors (Lipinski definition) is 1. The topological polar surface area (TPSA) is 24.5 Å². The fraction of sp³-hybridized carbons (Fsp3) is 1.00. The van der Waals surface area contributed by atoms with Crippen LogP contribution in [-0.4, -0.2) is 48.8 Å². The van der Waals surface area contributed by atoms with Gasteiger partial charge in [0.25, 0.3) is 0 Å². The minimum absolute atomic E-state index is 0.412. The number of rotatable bonds is 3. The van der Waals surface area contributed by atoms with E-state index in [9.17, 15) is 0 Å². The lowest BCUT2D eigenvalue weighted by Crippen LogP contribution is -2.59. The molecule has 2 aliphatic rings. The molecule has 1 N–H and O–H groups in total. The third-order valence-corrected chi connectivity index (χ3v) is 4.22. The summed E-state index contributed by atoms with van der Waals surface area (Å²) in [6.07, 6.45) is 2.90. The number of nitrogens with zero attached hydrogens (tertiary/aromatic N) is 1. The Morgan fingerprint density at radius 3 is 2.71 bits per heavy atom. The Morgan fingerprint density at radius 2 is 2.12 bits per heavy atom. The van der Waals surface area contributed by atoms with E-state index in [0.717, 1.165) is 19.1 Å². The van der Waals surface area contributed by atoms with Crippen molar-refractivity contribution < 1.29 is 4.74 Å². The van der Waals surface area contributed by atoms with Crippen LogP contribution in [0.3, 0.4) is 0 Å². The Balaban J connectivity index is 1.94. The van der Waals surface area contributed by atoms with Crippen LogP contribution in [0, 0.1) is 5.92 Å². The number of nitrogens with one attached hydrogen (secondary N) is 1. The maximum atomic E-state index is 5.72. The standard InChI is InChI=1S/C14H28N2O/c1-10(2)7-13-9-16(11(3)8-15-13)14-5-6-17-12(14)4/h10-15H,5-9H2,1-4H3. The molecule has 0 aliphatic carbocycles. The second-order valence-electron chi connectivity index (χ2n) is 6.21. The predicted molar refractivity (Wildman–Crippen MR) is 71.2 cm³/mol. The van der Waals surface area contributed by atoms with Crippen LogP contribution >= 0.6 is 0 Å². The largest absolute Gasteiger partial charge is 0.377 e.